The van der Waals surface area contributed by atoms with Crippen LogP contribution in [0.3, 0.4) is 0 Å². The largest absolute Gasteiger partial charge is 1.00 e. The number of aliphatic carboxylic acids is 2. The smallest absolute Gasteiger partial charge is 0.870 e. The van der Waals surface area contributed by atoms with Gasteiger partial charge in [-0.3, -0.25) is 0 Å². The Morgan fingerprint density at radius 1 is 1.06 bits per heavy atom. The zero-order chi connectivity index (χ0) is 9.78. The van der Waals surface area contributed by atoms with Gasteiger partial charge in [0, 0.05) is 11.9 Å². The molecular formula is C6H6Na3O7-. The second-order valence-electron chi connectivity index (χ2n) is 2.23. The van der Waals surface area contributed by atoms with E-state index in [1.165, 1.54) is 0 Å². The SMILES string of the molecule is O=[C-]C(O)(CC(=O)[O-])CC(=O)[O-].[Na+].[Na+].[Na+].[OH-]. The summed E-state index contributed by atoms with van der Waals surface area (Å²) >= 11 is 0. The molecule has 0 aliphatic heterocycles. The number of hydrogen-bond acceptors (Lipinski definition) is 7. The molecule has 0 aromatic heterocycles. The summed E-state index contributed by atoms with van der Waals surface area (Å²) in [7, 11) is 0. The molecule has 0 aliphatic carbocycles. The van der Waals surface area contributed by atoms with E-state index in [0.717, 1.165) is 6.29 Å². The zero-order valence-corrected chi connectivity index (χ0v) is 15.3. The Morgan fingerprint density at radius 3 is 1.44 bits per heavy atom. The van der Waals surface area contributed by atoms with Crippen molar-refractivity contribution in [1.82, 2.24) is 0 Å². The minimum atomic E-state index is -2.54. The Morgan fingerprint density at radius 2 is 1.31 bits per heavy atom. The third-order valence-electron chi connectivity index (χ3n) is 1.06. The third kappa shape index (κ3) is 15.5. The zero-order valence-electron chi connectivity index (χ0n) is 9.35. The molecule has 76 valence electrons. The fraction of sp³-hybridized carbons (Fsp3) is 0.500. The van der Waals surface area contributed by atoms with Crippen LogP contribution in [-0.2, 0) is 14.4 Å². The van der Waals surface area contributed by atoms with Crippen molar-refractivity contribution < 1.29 is 124 Å². The van der Waals surface area contributed by atoms with Gasteiger partial charge < -0.3 is 35.2 Å². The van der Waals surface area contributed by atoms with Crippen LogP contribution in [0.2, 0.25) is 0 Å². The van der Waals surface area contributed by atoms with E-state index in [2.05, 4.69) is 0 Å². The van der Waals surface area contributed by atoms with Gasteiger partial charge in [0.1, 0.15) is 0 Å². The molecule has 2 N–H and O–H groups in total. The van der Waals surface area contributed by atoms with E-state index < -0.39 is 30.4 Å². The van der Waals surface area contributed by atoms with Crippen LogP contribution in [0.4, 0.5) is 0 Å². The van der Waals surface area contributed by atoms with Crippen LogP contribution in [0.5, 0.6) is 0 Å². The van der Waals surface area contributed by atoms with Crippen LogP contribution in [-0.4, -0.2) is 34.4 Å². The molecule has 10 heteroatoms. The molecule has 0 spiro atoms. The second kappa shape index (κ2) is 14.6. The molecule has 0 unspecified atom stereocenters. The second-order valence-corrected chi connectivity index (χ2v) is 2.23. The topological polar surface area (TPSA) is 148 Å². The number of hydrogen-bond donors (Lipinski definition) is 1. The van der Waals surface area contributed by atoms with Crippen LogP contribution in [0.1, 0.15) is 12.8 Å². The number of rotatable bonds is 5. The first-order chi connectivity index (χ1) is 5.39. The Kier molecular flexibility index (Phi) is 27.8. The van der Waals surface area contributed by atoms with Gasteiger partial charge >= 0.3 is 88.7 Å². The van der Waals surface area contributed by atoms with E-state index in [1.54, 1.807) is 0 Å². The average Bonchev–Trinajstić information content (AvgIpc) is 1.83. The van der Waals surface area contributed by atoms with Crippen LogP contribution in [0.15, 0.2) is 0 Å². The Bertz CT molecular complexity index is 204. The summed E-state index contributed by atoms with van der Waals surface area (Å²) in [5.41, 5.74) is -2.54. The number of carbonyl (C=O) groups excluding carboxylic acids is 3. The van der Waals surface area contributed by atoms with Crippen molar-refractivity contribution in [2.45, 2.75) is 18.4 Å². The van der Waals surface area contributed by atoms with Gasteiger partial charge in [-0.1, -0.05) is 0 Å². The molecule has 0 rings (SSSR count). The van der Waals surface area contributed by atoms with Crippen molar-refractivity contribution >= 4 is 18.2 Å². The molecule has 0 amide bonds. The molecule has 0 radical (unpaired) electrons. The summed E-state index contributed by atoms with van der Waals surface area (Å²) < 4.78 is 0. The summed E-state index contributed by atoms with van der Waals surface area (Å²) in [4.78, 5) is 29.7. The van der Waals surface area contributed by atoms with Crippen molar-refractivity contribution in [3.8, 4) is 0 Å². The maximum atomic E-state index is 9.94. The molecular weight excluding hydrogens is 253 g/mol. The standard InChI is InChI=1S/C6H7O6.3Na.H2O/c7-3-6(12,1-4(8)9)2-5(10)11;;;;/h12H,1-2H2,(H,8,9)(H,10,11);;;;1H2/q-1;3*+1;/p-3. The molecule has 0 aliphatic rings. The first-order valence-corrected chi connectivity index (χ1v) is 2.91. The Labute approximate surface area is 158 Å². The van der Waals surface area contributed by atoms with E-state index in [0.29, 0.717) is 0 Å². The molecule has 0 heterocycles. The van der Waals surface area contributed by atoms with Crippen molar-refractivity contribution in [2.75, 3.05) is 0 Å². The van der Waals surface area contributed by atoms with Gasteiger partial charge in [0.25, 0.3) is 0 Å². The molecule has 7 nitrogen and oxygen atoms in total. The van der Waals surface area contributed by atoms with Crippen molar-refractivity contribution in [1.29, 1.82) is 0 Å². The van der Waals surface area contributed by atoms with Crippen molar-refractivity contribution in [3.63, 3.8) is 0 Å². The summed E-state index contributed by atoms with van der Waals surface area (Å²) in [6.07, 6.45) is -1.31. The van der Waals surface area contributed by atoms with Crippen LogP contribution in [0, 0.1) is 0 Å². The maximum Gasteiger partial charge on any atom is 1.00 e. The Hall–Kier alpha value is 1.53. The minimum Gasteiger partial charge on any atom is -0.870 e. The van der Waals surface area contributed by atoms with Gasteiger partial charge in [-0.2, -0.15) is 0 Å². The molecule has 0 saturated carbocycles. The van der Waals surface area contributed by atoms with Gasteiger partial charge in [-0.05, 0) is 18.4 Å². The molecule has 0 aromatic carbocycles. The number of carboxylic acid groups (broad SMARTS) is 2. The summed E-state index contributed by atoms with van der Waals surface area (Å²) in [6, 6.07) is 0. The monoisotopic (exact) mass is 259 g/mol. The first-order valence-electron chi connectivity index (χ1n) is 2.91. The average molecular weight is 259 g/mol. The van der Waals surface area contributed by atoms with E-state index in [1.807, 2.05) is 0 Å². The third-order valence-corrected chi connectivity index (χ3v) is 1.06. The number of aliphatic hydroxyl groups is 1. The van der Waals surface area contributed by atoms with Crippen LogP contribution >= 0.6 is 0 Å². The van der Waals surface area contributed by atoms with Gasteiger partial charge in [-0.25, -0.2) is 6.29 Å². The minimum absolute atomic E-state index is 0. The predicted octanol–water partition coefficient (Wildman–Crippen LogP) is -13.1. The number of carbonyl (C=O) groups is 2. The molecule has 0 bridgehead atoms. The summed E-state index contributed by atoms with van der Waals surface area (Å²) in [5.74, 6) is -3.47. The summed E-state index contributed by atoms with van der Waals surface area (Å²) in [6.45, 7) is 0. The fourth-order valence-corrected chi connectivity index (χ4v) is 0.612. The van der Waals surface area contributed by atoms with E-state index in [-0.39, 0.29) is 94.1 Å². The van der Waals surface area contributed by atoms with Crippen molar-refractivity contribution in [3.05, 3.63) is 0 Å². The van der Waals surface area contributed by atoms with E-state index in [9.17, 15) is 24.6 Å². The molecule has 0 aromatic rings. The van der Waals surface area contributed by atoms with Gasteiger partial charge in [0.2, 0.25) is 0 Å². The van der Waals surface area contributed by atoms with E-state index in [4.69, 9.17) is 5.11 Å². The molecule has 0 atom stereocenters. The van der Waals surface area contributed by atoms with Crippen LogP contribution in [0.25, 0.3) is 0 Å². The first kappa shape index (κ1) is 30.5. The predicted molar refractivity (Wildman–Crippen MR) is 31.8 cm³/mol. The fourth-order valence-electron chi connectivity index (χ4n) is 0.612. The molecule has 0 fully saturated rings. The molecule has 0 saturated heterocycles. The van der Waals surface area contributed by atoms with Gasteiger partial charge in [0.15, 0.2) is 0 Å². The normalized spacial score (nSPS) is 8.06. The van der Waals surface area contributed by atoms with Gasteiger partial charge in [-0.15, -0.1) is 0 Å². The van der Waals surface area contributed by atoms with Crippen molar-refractivity contribution in [2.24, 2.45) is 0 Å². The quantitative estimate of drug-likeness (QED) is 0.380. The van der Waals surface area contributed by atoms with Crippen LogP contribution < -0.4 is 98.9 Å². The van der Waals surface area contributed by atoms with Gasteiger partial charge in [0.05, 0.1) is 0 Å². The van der Waals surface area contributed by atoms with E-state index >= 15 is 0 Å². The summed E-state index contributed by atoms with van der Waals surface area (Å²) in [5, 5.41) is 28.7. The molecule has 16 heavy (non-hydrogen) atoms. The number of carboxylic acids is 2. The Balaban J connectivity index is -0.000000101. The maximum absolute atomic E-state index is 9.94.